The van der Waals surface area contributed by atoms with Gasteiger partial charge in [0.15, 0.2) is 0 Å². The summed E-state index contributed by atoms with van der Waals surface area (Å²) in [5.74, 6) is 1.55. The molecule has 0 radical (unpaired) electrons. The summed E-state index contributed by atoms with van der Waals surface area (Å²) < 4.78 is 2.38. The first kappa shape index (κ1) is 18.2. The molecular weight excluding hydrogens is 318 g/mol. The van der Waals surface area contributed by atoms with Crippen LogP contribution < -0.4 is 5.32 Å². The molecule has 1 N–H and O–H groups in total. The summed E-state index contributed by atoms with van der Waals surface area (Å²) >= 11 is 0. The van der Waals surface area contributed by atoms with Gasteiger partial charge in [0, 0.05) is 30.3 Å². The van der Waals surface area contributed by atoms with Crippen molar-refractivity contribution in [2.75, 3.05) is 6.54 Å². The van der Waals surface area contributed by atoms with Gasteiger partial charge in [-0.1, -0.05) is 69.3 Å². The van der Waals surface area contributed by atoms with Gasteiger partial charge in [0.25, 0.3) is 0 Å². The molecule has 0 amide bonds. The molecule has 1 aromatic heterocycles. The van der Waals surface area contributed by atoms with Crippen LogP contribution >= 0.6 is 0 Å². The van der Waals surface area contributed by atoms with E-state index < -0.39 is 0 Å². The zero-order valence-electron chi connectivity index (χ0n) is 16.3. The van der Waals surface area contributed by atoms with Crippen molar-refractivity contribution >= 4 is 16.7 Å². The fourth-order valence-corrected chi connectivity index (χ4v) is 3.63. The molecular formula is C23H29N3. The molecule has 2 heterocycles. The van der Waals surface area contributed by atoms with Crippen LogP contribution in [0.5, 0.6) is 0 Å². The zero-order valence-corrected chi connectivity index (χ0v) is 16.3. The maximum absolute atomic E-state index is 4.97. The van der Waals surface area contributed by atoms with Crippen molar-refractivity contribution in [3.05, 3.63) is 71.6 Å². The number of imidazole rings is 1. The zero-order chi connectivity index (χ0) is 18.7. The molecule has 0 saturated heterocycles. The van der Waals surface area contributed by atoms with Crippen molar-refractivity contribution in [2.24, 2.45) is 0 Å². The number of nitrogens with zero attached hydrogens (tertiary/aromatic N) is 2. The Morgan fingerprint density at radius 2 is 1.88 bits per heavy atom. The van der Waals surface area contributed by atoms with Crippen LogP contribution in [-0.2, 0) is 13.0 Å². The Hall–Kier alpha value is -2.55. The molecule has 0 spiro atoms. The highest BCUT2D eigenvalue weighted by Crippen LogP contribution is 2.30. The fraction of sp³-hybridized carbons (Fsp3) is 0.348. The Kier molecular flexibility index (Phi) is 5.46. The molecule has 4 rings (SSSR count). The van der Waals surface area contributed by atoms with Crippen LogP contribution in [0.25, 0.3) is 16.7 Å². The van der Waals surface area contributed by atoms with Crippen molar-refractivity contribution < 1.29 is 0 Å². The minimum atomic E-state index is 0.374. The number of aromatic nitrogens is 2. The number of para-hydroxylation sites is 1. The van der Waals surface area contributed by atoms with E-state index in [4.69, 9.17) is 4.98 Å². The number of rotatable bonds is 3. The third kappa shape index (κ3) is 3.39. The predicted molar refractivity (Wildman–Crippen MR) is 111 cm³/mol. The Bertz CT molecular complexity index is 903. The second-order valence-corrected chi connectivity index (χ2v) is 6.79. The highest BCUT2D eigenvalue weighted by Gasteiger charge is 2.21. The molecule has 3 nitrogen and oxygen atoms in total. The van der Waals surface area contributed by atoms with Crippen molar-refractivity contribution in [3.8, 4) is 0 Å². The maximum atomic E-state index is 4.97. The normalized spacial score (nSPS) is 14.2. The monoisotopic (exact) mass is 347 g/mol. The summed E-state index contributed by atoms with van der Waals surface area (Å²) in [5, 5.41) is 3.42. The standard InChI is InChI=1S/C21H23N3.C2H6/c1-14-7-9-17(10-8-14)13-15(2)21-23-19-6-4-5-18-16(3)22-11-12-24(21)20(18)19;1-2/h4-10,15,22H,3,11-13H2,1-2H3;1-2H3. The van der Waals surface area contributed by atoms with E-state index in [2.05, 4.69) is 72.8 Å². The molecule has 1 aliphatic heterocycles. The van der Waals surface area contributed by atoms with Gasteiger partial charge in [0.1, 0.15) is 5.82 Å². The second kappa shape index (κ2) is 7.77. The number of nitrogens with one attached hydrogen (secondary N) is 1. The lowest BCUT2D eigenvalue weighted by Gasteiger charge is -2.14. The summed E-state index contributed by atoms with van der Waals surface area (Å²) in [4.78, 5) is 4.97. The Morgan fingerprint density at radius 1 is 1.15 bits per heavy atom. The largest absolute Gasteiger partial charge is 0.383 e. The average molecular weight is 348 g/mol. The number of hydrogen-bond donors (Lipinski definition) is 1. The van der Waals surface area contributed by atoms with E-state index in [0.29, 0.717) is 5.92 Å². The first-order chi connectivity index (χ1) is 12.6. The van der Waals surface area contributed by atoms with Gasteiger partial charge >= 0.3 is 0 Å². The van der Waals surface area contributed by atoms with Crippen LogP contribution in [0.4, 0.5) is 0 Å². The number of benzene rings is 2. The third-order valence-corrected chi connectivity index (χ3v) is 4.90. The van der Waals surface area contributed by atoms with Crippen molar-refractivity contribution in [3.63, 3.8) is 0 Å². The van der Waals surface area contributed by atoms with Crippen LogP contribution in [0.3, 0.4) is 0 Å². The van der Waals surface area contributed by atoms with E-state index in [9.17, 15) is 0 Å². The second-order valence-electron chi connectivity index (χ2n) is 6.79. The molecule has 2 aromatic carbocycles. The van der Waals surface area contributed by atoms with Gasteiger partial charge in [-0.25, -0.2) is 4.98 Å². The highest BCUT2D eigenvalue weighted by molar-refractivity contribution is 5.89. The minimum absolute atomic E-state index is 0.374. The van der Waals surface area contributed by atoms with Gasteiger partial charge in [-0.3, -0.25) is 0 Å². The molecule has 1 aliphatic rings. The molecule has 1 unspecified atom stereocenters. The summed E-state index contributed by atoms with van der Waals surface area (Å²) in [6.45, 7) is 14.4. The Balaban J connectivity index is 0.000000948. The summed E-state index contributed by atoms with van der Waals surface area (Å²) in [6, 6.07) is 15.1. The lowest BCUT2D eigenvalue weighted by atomic mass is 9.99. The Morgan fingerprint density at radius 3 is 2.62 bits per heavy atom. The smallest absolute Gasteiger partial charge is 0.113 e. The first-order valence-electron chi connectivity index (χ1n) is 9.61. The minimum Gasteiger partial charge on any atom is -0.383 e. The molecule has 0 bridgehead atoms. The van der Waals surface area contributed by atoms with Crippen molar-refractivity contribution in [2.45, 2.75) is 46.6 Å². The topological polar surface area (TPSA) is 29.9 Å². The molecule has 0 fully saturated rings. The Labute approximate surface area is 156 Å². The van der Waals surface area contributed by atoms with E-state index in [1.807, 2.05) is 13.8 Å². The SMILES string of the molecule is C=C1NCCn2c(C(C)Cc3ccc(C)cc3)nc3cccc1c32.CC. The van der Waals surface area contributed by atoms with Crippen LogP contribution in [0.1, 0.15) is 49.2 Å². The van der Waals surface area contributed by atoms with Crippen LogP contribution in [0.15, 0.2) is 49.0 Å². The van der Waals surface area contributed by atoms with Gasteiger partial charge in [-0.15, -0.1) is 0 Å². The van der Waals surface area contributed by atoms with E-state index in [1.54, 1.807) is 0 Å². The molecule has 3 heteroatoms. The summed E-state index contributed by atoms with van der Waals surface area (Å²) in [7, 11) is 0. The van der Waals surface area contributed by atoms with Gasteiger partial charge in [0.2, 0.25) is 0 Å². The van der Waals surface area contributed by atoms with E-state index in [-0.39, 0.29) is 0 Å². The average Bonchev–Trinajstić information content (AvgIpc) is 2.95. The predicted octanol–water partition coefficient (Wildman–Crippen LogP) is 5.29. The van der Waals surface area contributed by atoms with Crippen LogP contribution in [0.2, 0.25) is 0 Å². The summed E-state index contributed by atoms with van der Waals surface area (Å²) in [6.07, 6.45) is 1.01. The lowest BCUT2D eigenvalue weighted by molar-refractivity contribution is 0.602. The maximum Gasteiger partial charge on any atom is 0.113 e. The van der Waals surface area contributed by atoms with Crippen molar-refractivity contribution in [1.82, 2.24) is 14.9 Å². The number of aryl methyl sites for hydroxylation is 1. The fourth-order valence-electron chi connectivity index (χ4n) is 3.63. The molecule has 0 saturated carbocycles. The molecule has 3 aromatic rings. The molecule has 26 heavy (non-hydrogen) atoms. The van der Waals surface area contributed by atoms with E-state index >= 15 is 0 Å². The molecule has 136 valence electrons. The van der Waals surface area contributed by atoms with Gasteiger partial charge in [-0.2, -0.15) is 0 Å². The molecule has 1 atom stereocenters. The van der Waals surface area contributed by atoms with Crippen LogP contribution in [-0.4, -0.2) is 16.1 Å². The summed E-state index contributed by atoms with van der Waals surface area (Å²) in [5.41, 5.74) is 7.13. The van der Waals surface area contributed by atoms with Crippen molar-refractivity contribution in [1.29, 1.82) is 0 Å². The van der Waals surface area contributed by atoms with Crippen LogP contribution in [0, 0.1) is 6.92 Å². The highest BCUT2D eigenvalue weighted by atomic mass is 15.1. The third-order valence-electron chi connectivity index (χ3n) is 4.90. The molecule has 0 aliphatic carbocycles. The number of hydrogen-bond acceptors (Lipinski definition) is 2. The van der Waals surface area contributed by atoms with Gasteiger partial charge in [-0.05, 0) is 25.0 Å². The quantitative estimate of drug-likeness (QED) is 0.697. The van der Waals surface area contributed by atoms with E-state index in [0.717, 1.165) is 30.7 Å². The first-order valence-corrected chi connectivity index (χ1v) is 9.61. The van der Waals surface area contributed by atoms with Gasteiger partial charge in [0.05, 0.1) is 11.0 Å². The van der Waals surface area contributed by atoms with Gasteiger partial charge < -0.3 is 9.88 Å². The lowest BCUT2D eigenvalue weighted by Crippen LogP contribution is -2.17. The van der Waals surface area contributed by atoms with E-state index in [1.165, 1.54) is 28.0 Å².